The van der Waals surface area contributed by atoms with E-state index in [0.717, 1.165) is 0 Å². The molecule has 1 aliphatic rings. The van der Waals surface area contributed by atoms with Crippen molar-refractivity contribution >= 4 is 0 Å². The number of alkyl halides is 2. The second-order valence-corrected chi connectivity index (χ2v) is 2.10. The highest BCUT2D eigenvalue weighted by Crippen LogP contribution is 2.41. The van der Waals surface area contributed by atoms with Gasteiger partial charge in [0.15, 0.2) is 5.75 Å². The third kappa shape index (κ3) is 0.867. The summed E-state index contributed by atoms with van der Waals surface area (Å²) in [6.07, 6.45) is -3.33. The van der Waals surface area contributed by atoms with Gasteiger partial charge in [-0.2, -0.15) is 8.78 Å². The molecular weight excluding hydrogens is 154 g/mol. The van der Waals surface area contributed by atoms with Crippen molar-refractivity contribution < 1.29 is 18.6 Å². The minimum absolute atomic E-state index is 0.0440. The minimum atomic E-state index is -3.33. The maximum absolute atomic E-state index is 12.6. The molecule has 2 nitrogen and oxygen atoms in total. The van der Waals surface area contributed by atoms with Gasteiger partial charge >= 0.3 is 6.11 Å². The molecule has 0 aliphatic carbocycles. The maximum Gasteiger partial charge on any atom is 0.421 e. The van der Waals surface area contributed by atoms with Gasteiger partial charge in [-0.25, -0.2) is 0 Å². The standard InChI is InChI=1S/C7H3F2O2/c8-7(9)5-3-1-2-4-6(5)10-11-7/h1-3H. The summed E-state index contributed by atoms with van der Waals surface area (Å²) in [6.45, 7) is 0. The molecule has 0 amide bonds. The molecular formula is C7H3F2O2. The summed E-state index contributed by atoms with van der Waals surface area (Å²) in [4.78, 5) is 7.95. The van der Waals surface area contributed by atoms with Crippen LogP contribution in [0.15, 0.2) is 18.2 Å². The van der Waals surface area contributed by atoms with Crippen molar-refractivity contribution in [2.45, 2.75) is 6.11 Å². The van der Waals surface area contributed by atoms with Gasteiger partial charge in [0.1, 0.15) is 5.56 Å². The Morgan fingerprint density at radius 2 is 2.27 bits per heavy atom. The third-order valence-corrected chi connectivity index (χ3v) is 1.36. The van der Waals surface area contributed by atoms with E-state index in [9.17, 15) is 8.78 Å². The maximum atomic E-state index is 12.6. The van der Waals surface area contributed by atoms with Crippen molar-refractivity contribution in [3.05, 3.63) is 29.8 Å². The normalized spacial score (nSPS) is 19.1. The van der Waals surface area contributed by atoms with Crippen molar-refractivity contribution in [1.82, 2.24) is 0 Å². The third-order valence-electron chi connectivity index (χ3n) is 1.36. The molecule has 57 valence electrons. The zero-order valence-corrected chi connectivity index (χ0v) is 5.30. The first-order valence-electron chi connectivity index (χ1n) is 2.95. The monoisotopic (exact) mass is 157 g/mol. The van der Waals surface area contributed by atoms with E-state index in [1.54, 1.807) is 0 Å². The molecule has 0 fully saturated rings. The van der Waals surface area contributed by atoms with E-state index in [1.807, 2.05) is 0 Å². The average Bonchev–Trinajstić information content (AvgIpc) is 2.29. The van der Waals surface area contributed by atoms with Crippen LogP contribution in [0, 0.1) is 6.07 Å². The topological polar surface area (TPSA) is 18.5 Å². The summed E-state index contributed by atoms with van der Waals surface area (Å²) in [5.74, 6) is -0.0440. The smallest absolute Gasteiger partial charge is 0.330 e. The Labute approximate surface area is 61.3 Å². The van der Waals surface area contributed by atoms with Gasteiger partial charge in [-0.05, 0) is 6.07 Å². The summed E-state index contributed by atoms with van der Waals surface area (Å²) >= 11 is 0. The molecule has 0 bridgehead atoms. The van der Waals surface area contributed by atoms with Crippen LogP contribution in [0.3, 0.4) is 0 Å². The molecule has 0 aromatic heterocycles. The molecule has 1 aliphatic heterocycles. The van der Waals surface area contributed by atoms with Gasteiger partial charge in [-0.15, -0.1) is 4.89 Å². The van der Waals surface area contributed by atoms with Crippen LogP contribution >= 0.6 is 0 Å². The highest BCUT2D eigenvalue weighted by Gasteiger charge is 2.44. The van der Waals surface area contributed by atoms with Gasteiger partial charge in [-0.3, -0.25) is 0 Å². The van der Waals surface area contributed by atoms with Crippen molar-refractivity contribution in [1.29, 1.82) is 0 Å². The number of hydrogen-bond donors (Lipinski definition) is 0. The lowest BCUT2D eigenvalue weighted by Gasteiger charge is -2.02. The summed E-state index contributed by atoms with van der Waals surface area (Å²) in [6, 6.07) is 6.64. The van der Waals surface area contributed by atoms with Crippen molar-refractivity contribution in [2.24, 2.45) is 0 Å². The van der Waals surface area contributed by atoms with E-state index in [-0.39, 0.29) is 11.3 Å². The fourth-order valence-electron chi connectivity index (χ4n) is 0.859. The number of rotatable bonds is 0. The molecule has 1 aromatic rings. The van der Waals surface area contributed by atoms with Gasteiger partial charge < -0.3 is 4.89 Å². The lowest BCUT2D eigenvalue weighted by atomic mass is 10.2. The molecule has 0 N–H and O–H groups in total. The molecule has 2 rings (SSSR count). The van der Waals surface area contributed by atoms with Crippen LogP contribution < -0.4 is 4.89 Å². The summed E-state index contributed by atoms with van der Waals surface area (Å²) < 4.78 is 25.1. The highest BCUT2D eigenvalue weighted by atomic mass is 19.3. The second kappa shape index (κ2) is 1.92. The van der Waals surface area contributed by atoms with Crippen LogP contribution in [0.2, 0.25) is 0 Å². The molecule has 0 atom stereocenters. The van der Waals surface area contributed by atoms with Crippen molar-refractivity contribution in [3.63, 3.8) is 0 Å². The number of halogens is 2. The molecule has 0 spiro atoms. The van der Waals surface area contributed by atoms with E-state index < -0.39 is 6.11 Å². The zero-order valence-electron chi connectivity index (χ0n) is 5.30. The average molecular weight is 157 g/mol. The van der Waals surface area contributed by atoms with Crippen LogP contribution in [0.4, 0.5) is 8.78 Å². The SMILES string of the molecule is FC1(F)OOc2[c]cccc21. The van der Waals surface area contributed by atoms with E-state index in [0.29, 0.717) is 0 Å². The zero-order chi connectivity index (χ0) is 7.90. The molecule has 4 heteroatoms. The Hall–Kier alpha value is -1.16. The van der Waals surface area contributed by atoms with Crippen molar-refractivity contribution in [2.75, 3.05) is 0 Å². The molecule has 0 saturated carbocycles. The van der Waals surface area contributed by atoms with Crippen LogP contribution in [0.5, 0.6) is 5.75 Å². The van der Waals surface area contributed by atoms with Crippen LogP contribution in [0.25, 0.3) is 0 Å². The van der Waals surface area contributed by atoms with Crippen LogP contribution in [-0.4, -0.2) is 0 Å². The Morgan fingerprint density at radius 3 is 3.00 bits per heavy atom. The van der Waals surface area contributed by atoms with E-state index in [1.165, 1.54) is 18.2 Å². The van der Waals surface area contributed by atoms with Crippen LogP contribution in [0.1, 0.15) is 5.56 Å². The number of hydrogen-bond acceptors (Lipinski definition) is 2. The predicted octanol–water partition coefficient (Wildman–Crippen LogP) is 1.86. The number of para-hydroxylation sites is 1. The predicted molar refractivity (Wildman–Crippen MR) is 30.9 cm³/mol. The van der Waals surface area contributed by atoms with Gasteiger partial charge in [0.05, 0.1) is 0 Å². The Morgan fingerprint density at radius 1 is 1.45 bits per heavy atom. The van der Waals surface area contributed by atoms with E-state index in [2.05, 4.69) is 15.8 Å². The van der Waals surface area contributed by atoms with Crippen molar-refractivity contribution in [3.8, 4) is 5.75 Å². The first kappa shape index (κ1) is 6.54. The molecule has 11 heavy (non-hydrogen) atoms. The Bertz CT molecular complexity index is 286. The molecule has 0 saturated heterocycles. The quantitative estimate of drug-likeness (QED) is 0.535. The van der Waals surface area contributed by atoms with E-state index in [4.69, 9.17) is 0 Å². The Kier molecular flexibility index (Phi) is 1.14. The van der Waals surface area contributed by atoms with Gasteiger partial charge in [-0.1, -0.05) is 12.1 Å². The Balaban J connectivity index is 2.56. The number of benzene rings is 1. The molecule has 1 heterocycles. The minimum Gasteiger partial charge on any atom is -0.330 e. The summed E-state index contributed by atoms with van der Waals surface area (Å²) in [5.41, 5.74) is -0.278. The lowest BCUT2D eigenvalue weighted by molar-refractivity contribution is -0.376. The number of fused-ring (bicyclic) bond motifs is 1. The first-order valence-corrected chi connectivity index (χ1v) is 2.95. The fourth-order valence-corrected chi connectivity index (χ4v) is 0.859. The van der Waals surface area contributed by atoms with Gasteiger partial charge in [0.25, 0.3) is 0 Å². The second-order valence-electron chi connectivity index (χ2n) is 2.10. The first-order chi connectivity index (χ1) is 5.20. The molecule has 1 radical (unpaired) electrons. The van der Waals surface area contributed by atoms with Gasteiger partial charge in [0, 0.05) is 6.07 Å². The lowest BCUT2D eigenvalue weighted by Crippen LogP contribution is -2.11. The van der Waals surface area contributed by atoms with Crippen LogP contribution in [-0.2, 0) is 11.0 Å². The molecule has 1 aromatic carbocycles. The highest BCUT2D eigenvalue weighted by molar-refractivity contribution is 5.35. The summed E-state index contributed by atoms with van der Waals surface area (Å²) in [7, 11) is 0. The fraction of sp³-hybridized carbons (Fsp3) is 0.143. The largest absolute Gasteiger partial charge is 0.421 e. The summed E-state index contributed by atoms with van der Waals surface area (Å²) in [5, 5.41) is 0. The molecule has 0 unspecified atom stereocenters. The van der Waals surface area contributed by atoms with E-state index >= 15 is 0 Å². The van der Waals surface area contributed by atoms with Gasteiger partial charge in [0.2, 0.25) is 0 Å².